The predicted molar refractivity (Wildman–Crippen MR) is 256 cm³/mol. The van der Waals surface area contributed by atoms with Crippen LogP contribution in [-0.4, -0.2) is 84.7 Å². The number of hydrogen-bond acceptors (Lipinski definition) is 10. The van der Waals surface area contributed by atoms with Crippen molar-refractivity contribution in [2.45, 2.75) is 154 Å². The molecule has 3 heterocycles. The van der Waals surface area contributed by atoms with Crippen LogP contribution in [0.5, 0.6) is 0 Å². The Morgan fingerprint density at radius 3 is 1.90 bits per heavy atom. The van der Waals surface area contributed by atoms with Gasteiger partial charge < -0.3 is 41.4 Å². The summed E-state index contributed by atoms with van der Waals surface area (Å²) in [6, 6.07) is 22.9. The Bertz CT molecular complexity index is 1900. The number of ether oxygens (including phenoxy) is 2. The Balaban J connectivity index is 0.000000292. The Labute approximate surface area is 376 Å². The van der Waals surface area contributed by atoms with Crippen molar-refractivity contribution in [1.29, 1.82) is 0 Å². The van der Waals surface area contributed by atoms with Gasteiger partial charge in [0.15, 0.2) is 0 Å². The molecule has 2 unspecified atom stereocenters. The zero-order valence-corrected chi connectivity index (χ0v) is 39.2. The van der Waals surface area contributed by atoms with Crippen LogP contribution in [0.3, 0.4) is 0 Å². The van der Waals surface area contributed by atoms with Gasteiger partial charge in [0, 0.05) is 24.8 Å². The van der Waals surface area contributed by atoms with Gasteiger partial charge >= 0.3 is 6.09 Å². The van der Waals surface area contributed by atoms with Gasteiger partial charge in [-0.25, -0.2) is 4.79 Å². The lowest BCUT2D eigenvalue weighted by Crippen LogP contribution is -2.45. The van der Waals surface area contributed by atoms with E-state index in [4.69, 9.17) is 16.2 Å². The molecular weight excluding hydrogens is 795 g/mol. The summed E-state index contributed by atoms with van der Waals surface area (Å²) >= 11 is 0. The summed E-state index contributed by atoms with van der Waals surface area (Å²) in [6.07, 6.45) is 13.2. The molecular formula is C50H75N7O6. The number of rotatable bonds is 8. The first-order chi connectivity index (χ1) is 29.9. The van der Waals surface area contributed by atoms with E-state index in [1.165, 1.54) is 67.6 Å². The highest BCUT2D eigenvalue weighted by Gasteiger charge is 2.37. The van der Waals surface area contributed by atoms with Gasteiger partial charge in [-0.15, -0.1) is 0 Å². The molecule has 4 fully saturated rings. The second kappa shape index (κ2) is 24.0. The zero-order valence-electron chi connectivity index (χ0n) is 39.2. The maximum atomic E-state index is 13.1. The molecule has 3 aromatic carbocycles. The molecule has 4 aliphatic rings. The van der Waals surface area contributed by atoms with E-state index in [0.29, 0.717) is 54.5 Å². The van der Waals surface area contributed by atoms with Crippen LogP contribution < -0.4 is 27.0 Å². The zero-order chi connectivity index (χ0) is 46.2. The number of amides is 3. The summed E-state index contributed by atoms with van der Waals surface area (Å²) in [7, 11) is 2.19. The van der Waals surface area contributed by atoms with Gasteiger partial charge in [-0.2, -0.15) is 0 Å². The van der Waals surface area contributed by atoms with Gasteiger partial charge in [0.2, 0.25) is 12.3 Å². The van der Waals surface area contributed by atoms with Crippen LogP contribution in [0.25, 0.3) is 0 Å². The van der Waals surface area contributed by atoms with Gasteiger partial charge in [-0.3, -0.25) is 19.3 Å². The van der Waals surface area contributed by atoms with Crippen molar-refractivity contribution >= 4 is 53.3 Å². The molecule has 7 rings (SSSR count). The van der Waals surface area contributed by atoms with E-state index in [-0.39, 0.29) is 17.6 Å². The molecule has 13 heteroatoms. The fraction of sp³-hybridized carbons (Fsp3) is 0.560. The molecule has 3 aliphatic heterocycles. The first kappa shape index (κ1) is 50.3. The van der Waals surface area contributed by atoms with Crippen LogP contribution in [0.2, 0.25) is 0 Å². The molecule has 0 spiro atoms. The number of nitrogens with zero attached hydrogens (tertiary/aromatic N) is 3. The molecule has 3 saturated heterocycles. The molecule has 3 atom stereocenters. The van der Waals surface area contributed by atoms with E-state index < -0.39 is 17.7 Å². The lowest BCUT2D eigenvalue weighted by atomic mass is 9.84. The fourth-order valence-corrected chi connectivity index (χ4v) is 8.41. The van der Waals surface area contributed by atoms with Crippen molar-refractivity contribution in [3.05, 3.63) is 77.9 Å². The highest BCUT2D eigenvalue weighted by molar-refractivity contribution is 5.99. The Hall–Kier alpha value is -5.30. The van der Waals surface area contributed by atoms with Crippen molar-refractivity contribution in [1.82, 2.24) is 9.80 Å². The van der Waals surface area contributed by atoms with Crippen molar-refractivity contribution in [3.8, 4) is 0 Å². The number of likely N-dealkylation sites (tertiary alicyclic amines) is 2. The highest BCUT2D eigenvalue weighted by Crippen LogP contribution is 2.39. The molecule has 0 bridgehead atoms. The van der Waals surface area contributed by atoms with Gasteiger partial charge in [-0.1, -0.05) is 49.6 Å². The van der Waals surface area contributed by atoms with Crippen LogP contribution >= 0.6 is 0 Å². The fourth-order valence-electron chi connectivity index (χ4n) is 8.41. The topological polar surface area (TPSA) is 173 Å². The second-order valence-corrected chi connectivity index (χ2v) is 19.1. The largest absolute Gasteiger partial charge is 0.462 e. The minimum Gasteiger partial charge on any atom is -0.462 e. The summed E-state index contributed by atoms with van der Waals surface area (Å²) in [5.41, 5.74) is 17.3. The van der Waals surface area contributed by atoms with Crippen LogP contribution in [-0.2, 0) is 23.9 Å². The quantitative estimate of drug-likeness (QED) is 0.126. The number of nitrogen functional groups attached to an aromatic ring is 2. The van der Waals surface area contributed by atoms with E-state index in [2.05, 4.69) is 69.5 Å². The normalized spacial score (nSPS) is 20.2. The smallest absolute Gasteiger partial charge is 0.410 e. The van der Waals surface area contributed by atoms with Crippen LogP contribution in [0.4, 0.5) is 33.2 Å². The second-order valence-electron chi connectivity index (χ2n) is 19.1. The molecule has 63 heavy (non-hydrogen) atoms. The Morgan fingerprint density at radius 1 is 0.714 bits per heavy atom. The number of para-hydroxylation sites is 2. The SMILES string of the molecule is CC(C)(C)OC(=O)N1CCC[C@H]1C(=O)Nc1ccc(C2CCCN2c2ccc(C3CCCCC3)cc2)cc1N.CC(C)(C)OC=O.CC1CCCN1C.Nc1ccccc1NC=O. The standard InChI is InChI=1S/C32H44N4O3.C7H8N2O.C6H13N.C5H10O2/c1-32(2,3)39-31(38)36-20-8-12-29(36)30(37)34-27-18-15-24(21-26(27)33)28-11-7-19-35(28)25-16-13-23(14-17-25)22-9-5-4-6-10-22;8-6-3-1-2-4-7(6)9-5-10;1-6-4-3-5-7(6)2;1-5(2,3)7-4-6/h13-18,21-22,28-29H,4-12,19-20,33H2,1-3H3,(H,34,37);1-5H,8H2,(H,9,10);6H,3-5H2,1-2H3;4H,1-3H3/t28?,29-;;;/m0.../s1. The molecule has 1 aliphatic carbocycles. The van der Waals surface area contributed by atoms with Crippen LogP contribution in [0, 0.1) is 0 Å². The van der Waals surface area contributed by atoms with Crippen molar-refractivity contribution in [2.75, 3.05) is 53.7 Å². The third-order valence-electron chi connectivity index (χ3n) is 11.9. The number of carbonyl (C=O) groups is 4. The molecule has 0 aromatic heterocycles. The minimum atomic E-state index is -0.605. The molecule has 0 radical (unpaired) electrons. The van der Waals surface area contributed by atoms with Crippen molar-refractivity contribution in [2.24, 2.45) is 0 Å². The third-order valence-corrected chi connectivity index (χ3v) is 11.9. The van der Waals surface area contributed by atoms with Gasteiger partial charge in [-0.05, 0) is 167 Å². The number of nitrogens with one attached hydrogen (secondary N) is 2. The van der Waals surface area contributed by atoms with E-state index >= 15 is 0 Å². The van der Waals surface area contributed by atoms with Gasteiger partial charge in [0.25, 0.3) is 6.47 Å². The Morgan fingerprint density at radius 2 is 1.37 bits per heavy atom. The molecule has 1 saturated carbocycles. The molecule has 3 amide bonds. The van der Waals surface area contributed by atoms with Crippen LogP contribution in [0.15, 0.2) is 66.7 Å². The molecule has 346 valence electrons. The summed E-state index contributed by atoms with van der Waals surface area (Å²) in [5.74, 6) is 0.489. The number of anilines is 5. The summed E-state index contributed by atoms with van der Waals surface area (Å²) in [4.78, 5) is 51.7. The first-order valence-electron chi connectivity index (χ1n) is 22.8. The number of nitrogens with two attached hydrogens (primary N) is 2. The third kappa shape index (κ3) is 16.1. The highest BCUT2D eigenvalue weighted by atomic mass is 16.6. The van der Waals surface area contributed by atoms with Gasteiger partial charge in [0.1, 0.15) is 17.2 Å². The number of benzene rings is 3. The van der Waals surface area contributed by atoms with E-state index in [0.717, 1.165) is 37.4 Å². The molecule has 3 aromatic rings. The Kier molecular flexibility index (Phi) is 19.1. The number of carbonyl (C=O) groups excluding carboxylic acids is 4. The predicted octanol–water partition coefficient (Wildman–Crippen LogP) is 9.89. The lowest BCUT2D eigenvalue weighted by Gasteiger charge is -2.29. The van der Waals surface area contributed by atoms with Crippen molar-refractivity contribution in [3.63, 3.8) is 0 Å². The van der Waals surface area contributed by atoms with E-state index in [1.807, 2.05) is 65.8 Å². The van der Waals surface area contributed by atoms with Crippen molar-refractivity contribution < 1.29 is 28.7 Å². The lowest BCUT2D eigenvalue weighted by molar-refractivity contribution is -0.138. The maximum absolute atomic E-state index is 13.1. The van der Waals surface area contributed by atoms with E-state index in [1.54, 1.807) is 12.1 Å². The summed E-state index contributed by atoms with van der Waals surface area (Å²) in [5, 5.41) is 5.44. The average Bonchev–Trinajstić information content (AvgIpc) is 4.02. The van der Waals surface area contributed by atoms with Crippen LogP contribution in [0.1, 0.15) is 142 Å². The minimum absolute atomic E-state index is 0.224. The van der Waals surface area contributed by atoms with Gasteiger partial charge in [0.05, 0.1) is 28.8 Å². The summed E-state index contributed by atoms with van der Waals surface area (Å²) in [6.45, 7) is 16.5. The number of hydrogen-bond donors (Lipinski definition) is 4. The summed E-state index contributed by atoms with van der Waals surface area (Å²) < 4.78 is 10.1. The molecule has 6 N–H and O–H groups in total. The maximum Gasteiger partial charge on any atom is 0.410 e. The molecule has 13 nitrogen and oxygen atoms in total. The average molecular weight is 870 g/mol. The first-order valence-corrected chi connectivity index (χ1v) is 22.8. The van der Waals surface area contributed by atoms with E-state index in [9.17, 15) is 19.2 Å². The monoisotopic (exact) mass is 870 g/mol.